The van der Waals surface area contributed by atoms with Crippen LogP contribution in [0.25, 0.3) is 0 Å². The lowest BCUT2D eigenvalue weighted by atomic mass is 10.2. The van der Waals surface area contributed by atoms with Crippen LogP contribution in [-0.2, 0) is 4.79 Å². The fourth-order valence-corrected chi connectivity index (χ4v) is 1.99. The maximum atomic E-state index is 12.0. The lowest BCUT2D eigenvalue weighted by Crippen LogP contribution is -2.16. The minimum absolute atomic E-state index is 0.0769. The summed E-state index contributed by atoms with van der Waals surface area (Å²) in [5.74, 6) is 1.18. The Bertz CT molecular complexity index is 615. The molecule has 0 heterocycles. The van der Waals surface area contributed by atoms with Crippen LogP contribution in [0.2, 0.25) is 0 Å². The van der Waals surface area contributed by atoms with E-state index in [1.54, 1.807) is 32.4 Å². The lowest BCUT2D eigenvalue weighted by molar-refractivity contribution is -0.116. The number of benzene rings is 2. The van der Waals surface area contributed by atoms with E-state index in [-0.39, 0.29) is 5.91 Å². The van der Waals surface area contributed by atoms with Crippen molar-refractivity contribution in [1.29, 1.82) is 0 Å². The van der Waals surface area contributed by atoms with Crippen LogP contribution in [0.1, 0.15) is 6.42 Å². The molecule has 0 atom stereocenters. The summed E-state index contributed by atoms with van der Waals surface area (Å²) in [6.07, 6.45) is 0.365. The third-order valence-corrected chi connectivity index (χ3v) is 3.14. The number of ether oxygens (including phenoxy) is 2. The van der Waals surface area contributed by atoms with Gasteiger partial charge in [0.25, 0.3) is 0 Å². The first-order valence-electron chi connectivity index (χ1n) is 7.03. The summed E-state index contributed by atoms with van der Waals surface area (Å²) >= 11 is 0. The molecule has 0 fully saturated rings. The number of anilines is 2. The van der Waals surface area contributed by atoms with Gasteiger partial charge in [-0.1, -0.05) is 18.2 Å². The highest BCUT2D eigenvalue weighted by atomic mass is 16.5. The number of para-hydroxylation sites is 1. The van der Waals surface area contributed by atoms with Gasteiger partial charge in [-0.15, -0.1) is 0 Å². The SMILES string of the molecule is COc1ccc(NC(=O)CCNc2ccccc2)c(OC)c1. The average Bonchev–Trinajstić information content (AvgIpc) is 2.56. The molecule has 0 saturated carbocycles. The Balaban J connectivity index is 1.86. The first-order chi connectivity index (χ1) is 10.7. The summed E-state index contributed by atoms with van der Waals surface area (Å²) in [4.78, 5) is 12.0. The summed E-state index contributed by atoms with van der Waals surface area (Å²) in [5.41, 5.74) is 1.63. The van der Waals surface area contributed by atoms with Gasteiger partial charge >= 0.3 is 0 Å². The zero-order valence-electron chi connectivity index (χ0n) is 12.8. The van der Waals surface area contributed by atoms with Gasteiger partial charge in [-0.25, -0.2) is 0 Å². The summed E-state index contributed by atoms with van der Waals surface area (Å²) in [7, 11) is 3.14. The van der Waals surface area contributed by atoms with Crippen molar-refractivity contribution in [2.45, 2.75) is 6.42 Å². The van der Waals surface area contributed by atoms with Gasteiger partial charge in [0.15, 0.2) is 0 Å². The van der Waals surface area contributed by atoms with Gasteiger partial charge in [0.05, 0.1) is 19.9 Å². The van der Waals surface area contributed by atoms with Crippen LogP contribution in [0.15, 0.2) is 48.5 Å². The highest BCUT2D eigenvalue weighted by Crippen LogP contribution is 2.29. The number of carbonyl (C=O) groups excluding carboxylic acids is 1. The van der Waals surface area contributed by atoms with Gasteiger partial charge < -0.3 is 20.1 Å². The number of nitrogens with one attached hydrogen (secondary N) is 2. The molecule has 0 aliphatic rings. The molecule has 116 valence electrons. The summed E-state index contributed by atoms with van der Waals surface area (Å²) < 4.78 is 10.4. The Morgan fingerprint density at radius 2 is 1.82 bits per heavy atom. The molecule has 0 aromatic heterocycles. The molecule has 0 aliphatic carbocycles. The predicted molar refractivity (Wildman–Crippen MR) is 87.7 cm³/mol. The summed E-state index contributed by atoms with van der Waals surface area (Å²) in [6, 6.07) is 15.1. The Morgan fingerprint density at radius 1 is 1.05 bits per heavy atom. The Morgan fingerprint density at radius 3 is 2.50 bits per heavy atom. The fraction of sp³-hybridized carbons (Fsp3) is 0.235. The van der Waals surface area contributed by atoms with Crippen molar-refractivity contribution in [3.05, 3.63) is 48.5 Å². The van der Waals surface area contributed by atoms with Crippen molar-refractivity contribution in [3.63, 3.8) is 0 Å². The van der Waals surface area contributed by atoms with E-state index in [9.17, 15) is 4.79 Å². The molecule has 0 radical (unpaired) electrons. The Labute approximate surface area is 130 Å². The molecular formula is C17H20N2O3. The summed E-state index contributed by atoms with van der Waals surface area (Å²) in [5, 5.41) is 6.04. The first kappa shape index (κ1) is 15.7. The minimum Gasteiger partial charge on any atom is -0.497 e. The van der Waals surface area contributed by atoms with E-state index in [0.29, 0.717) is 30.2 Å². The number of hydrogen-bond acceptors (Lipinski definition) is 4. The second kappa shape index (κ2) is 7.93. The van der Waals surface area contributed by atoms with Gasteiger partial charge in [-0.2, -0.15) is 0 Å². The smallest absolute Gasteiger partial charge is 0.226 e. The van der Waals surface area contributed by atoms with E-state index in [0.717, 1.165) is 5.69 Å². The Hall–Kier alpha value is -2.69. The van der Waals surface area contributed by atoms with Crippen LogP contribution in [0.4, 0.5) is 11.4 Å². The largest absolute Gasteiger partial charge is 0.497 e. The molecule has 2 N–H and O–H groups in total. The van der Waals surface area contributed by atoms with Gasteiger partial charge in [0, 0.05) is 24.7 Å². The molecule has 5 nitrogen and oxygen atoms in total. The Kier molecular flexibility index (Phi) is 5.65. The van der Waals surface area contributed by atoms with Crippen LogP contribution in [0.3, 0.4) is 0 Å². The van der Waals surface area contributed by atoms with Gasteiger partial charge in [0.1, 0.15) is 11.5 Å². The summed E-state index contributed by atoms with van der Waals surface area (Å²) in [6.45, 7) is 0.564. The van der Waals surface area contributed by atoms with E-state index in [1.807, 2.05) is 30.3 Å². The number of hydrogen-bond donors (Lipinski definition) is 2. The molecular weight excluding hydrogens is 280 g/mol. The van der Waals surface area contributed by atoms with Crippen LogP contribution in [0, 0.1) is 0 Å². The molecule has 5 heteroatoms. The fourth-order valence-electron chi connectivity index (χ4n) is 1.99. The molecule has 1 amide bonds. The second-order valence-corrected chi connectivity index (χ2v) is 4.66. The van der Waals surface area contributed by atoms with Crippen molar-refractivity contribution in [2.24, 2.45) is 0 Å². The first-order valence-corrected chi connectivity index (χ1v) is 7.03. The van der Waals surface area contributed by atoms with Crippen molar-refractivity contribution in [3.8, 4) is 11.5 Å². The molecule has 0 aliphatic heterocycles. The van der Waals surface area contributed by atoms with Crippen molar-refractivity contribution >= 4 is 17.3 Å². The maximum absolute atomic E-state index is 12.0. The molecule has 0 spiro atoms. The van der Waals surface area contributed by atoms with Crippen molar-refractivity contribution < 1.29 is 14.3 Å². The van der Waals surface area contributed by atoms with Crippen LogP contribution >= 0.6 is 0 Å². The average molecular weight is 300 g/mol. The third kappa shape index (κ3) is 4.41. The number of amides is 1. The highest BCUT2D eigenvalue weighted by molar-refractivity contribution is 5.92. The van der Waals surface area contributed by atoms with Crippen LogP contribution in [0.5, 0.6) is 11.5 Å². The number of methoxy groups -OCH3 is 2. The topological polar surface area (TPSA) is 59.6 Å². The van der Waals surface area contributed by atoms with E-state index >= 15 is 0 Å². The van der Waals surface area contributed by atoms with Gasteiger partial charge in [-0.05, 0) is 24.3 Å². The van der Waals surface area contributed by atoms with Crippen molar-refractivity contribution in [2.75, 3.05) is 31.4 Å². The molecule has 0 bridgehead atoms. The van der Waals surface area contributed by atoms with Crippen LogP contribution < -0.4 is 20.1 Å². The molecule has 2 aromatic rings. The second-order valence-electron chi connectivity index (χ2n) is 4.66. The molecule has 0 unspecified atom stereocenters. The normalized spacial score (nSPS) is 9.91. The van der Waals surface area contributed by atoms with E-state index in [4.69, 9.17) is 9.47 Å². The molecule has 2 aromatic carbocycles. The lowest BCUT2D eigenvalue weighted by Gasteiger charge is -2.12. The zero-order valence-corrected chi connectivity index (χ0v) is 12.8. The maximum Gasteiger partial charge on any atom is 0.226 e. The van der Waals surface area contributed by atoms with Gasteiger partial charge in [0.2, 0.25) is 5.91 Å². The third-order valence-electron chi connectivity index (χ3n) is 3.14. The molecule has 0 saturated heterocycles. The predicted octanol–water partition coefficient (Wildman–Crippen LogP) is 3.14. The van der Waals surface area contributed by atoms with Crippen molar-refractivity contribution in [1.82, 2.24) is 0 Å². The van der Waals surface area contributed by atoms with E-state index in [2.05, 4.69) is 10.6 Å². The van der Waals surface area contributed by atoms with Gasteiger partial charge in [-0.3, -0.25) is 4.79 Å². The molecule has 22 heavy (non-hydrogen) atoms. The quantitative estimate of drug-likeness (QED) is 0.824. The minimum atomic E-state index is -0.0769. The molecule has 2 rings (SSSR count). The zero-order chi connectivity index (χ0) is 15.8. The van der Waals surface area contributed by atoms with Crippen LogP contribution in [-0.4, -0.2) is 26.7 Å². The highest BCUT2D eigenvalue weighted by Gasteiger charge is 2.08. The number of carbonyl (C=O) groups is 1. The van der Waals surface area contributed by atoms with E-state index in [1.165, 1.54) is 0 Å². The standard InChI is InChI=1S/C17H20N2O3/c1-21-14-8-9-15(16(12-14)22-2)19-17(20)10-11-18-13-6-4-3-5-7-13/h3-9,12,18H,10-11H2,1-2H3,(H,19,20). The number of rotatable bonds is 7. The monoisotopic (exact) mass is 300 g/mol. The van der Waals surface area contributed by atoms with E-state index < -0.39 is 0 Å².